The fraction of sp³-hybridized carbons (Fsp3) is 0.419. The summed E-state index contributed by atoms with van der Waals surface area (Å²) in [4.78, 5) is 69.0. The fourth-order valence-corrected chi connectivity index (χ4v) is 5.74. The standard InChI is InChI=1S/C31H34N4O8/c1-4-31(43-25(36)10-9-23(29(39)40)34-27(37)21(32)11-16(2)3)20-13-24-26-18(12-17-7-5-6-8-22(17)33-26)14-35(24)28(38)19(20)15-42-30(31)41/h5-8,12-13,16,21,23H,4,9-11,14-15,32H2,1-3H3,(H,34,37)(H,39,40)/t21-,23-,31-/m0/s1. The molecule has 12 heteroatoms. The van der Waals surface area contributed by atoms with Crippen molar-refractivity contribution in [3.8, 4) is 11.4 Å². The Morgan fingerprint density at radius 1 is 1.21 bits per heavy atom. The first-order chi connectivity index (χ1) is 20.4. The Morgan fingerprint density at radius 2 is 1.95 bits per heavy atom. The van der Waals surface area contributed by atoms with Crippen molar-refractivity contribution >= 4 is 34.7 Å². The Kier molecular flexibility index (Phi) is 8.06. The van der Waals surface area contributed by atoms with Crippen LogP contribution in [0.4, 0.5) is 0 Å². The largest absolute Gasteiger partial charge is 0.480 e. The highest BCUT2D eigenvalue weighted by Gasteiger charge is 2.50. The minimum Gasteiger partial charge on any atom is -0.480 e. The van der Waals surface area contributed by atoms with Gasteiger partial charge in [0.2, 0.25) is 11.5 Å². The summed E-state index contributed by atoms with van der Waals surface area (Å²) in [6.07, 6.45) is -0.399. The Bertz CT molecular complexity index is 1700. The summed E-state index contributed by atoms with van der Waals surface area (Å²) in [5.74, 6) is -3.57. The van der Waals surface area contributed by atoms with Gasteiger partial charge in [-0.3, -0.25) is 14.4 Å². The molecule has 3 aromatic rings. The molecule has 3 atom stereocenters. The van der Waals surface area contributed by atoms with Crippen LogP contribution in [0, 0.1) is 5.92 Å². The molecule has 4 heterocycles. The number of nitrogens with zero attached hydrogens (tertiary/aromatic N) is 2. The molecule has 1 aromatic carbocycles. The zero-order valence-electron chi connectivity index (χ0n) is 24.2. The zero-order valence-corrected chi connectivity index (χ0v) is 24.2. The van der Waals surface area contributed by atoms with Crippen LogP contribution >= 0.6 is 0 Å². The first-order valence-corrected chi connectivity index (χ1v) is 14.3. The predicted molar refractivity (Wildman–Crippen MR) is 155 cm³/mol. The molecule has 0 fully saturated rings. The molecule has 0 saturated heterocycles. The van der Waals surface area contributed by atoms with Crippen LogP contribution in [0.25, 0.3) is 22.3 Å². The summed E-state index contributed by atoms with van der Waals surface area (Å²) in [6, 6.07) is 8.93. The predicted octanol–water partition coefficient (Wildman–Crippen LogP) is 2.35. The van der Waals surface area contributed by atoms with E-state index >= 15 is 0 Å². The molecule has 4 N–H and O–H groups in total. The number of nitrogens with one attached hydrogen (secondary N) is 1. The van der Waals surface area contributed by atoms with Gasteiger partial charge in [-0.25, -0.2) is 14.6 Å². The molecule has 0 spiro atoms. The Morgan fingerprint density at radius 3 is 2.65 bits per heavy atom. The van der Waals surface area contributed by atoms with Crippen LogP contribution < -0.4 is 16.6 Å². The normalized spacial score (nSPS) is 18.3. The lowest BCUT2D eigenvalue weighted by molar-refractivity contribution is -0.189. The molecule has 43 heavy (non-hydrogen) atoms. The van der Waals surface area contributed by atoms with Gasteiger partial charge in [-0.1, -0.05) is 39.0 Å². The first-order valence-electron chi connectivity index (χ1n) is 14.3. The van der Waals surface area contributed by atoms with Crippen molar-refractivity contribution in [3.63, 3.8) is 0 Å². The van der Waals surface area contributed by atoms with Gasteiger partial charge in [-0.05, 0) is 43.4 Å². The molecule has 0 unspecified atom stereocenters. The second-order valence-electron chi connectivity index (χ2n) is 11.4. The fourth-order valence-electron chi connectivity index (χ4n) is 5.74. The lowest BCUT2D eigenvalue weighted by Crippen LogP contribution is -2.49. The molecule has 226 valence electrons. The van der Waals surface area contributed by atoms with E-state index < -0.39 is 47.9 Å². The quantitative estimate of drug-likeness (QED) is 0.232. The van der Waals surface area contributed by atoms with E-state index in [4.69, 9.17) is 20.2 Å². The molecule has 0 bridgehead atoms. The van der Waals surface area contributed by atoms with Gasteiger partial charge in [-0.15, -0.1) is 0 Å². The van der Waals surface area contributed by atoms with Gasteiger partial charge in [0.15, 0.2) is 0 Å². The number of aromatic nitrogens is 2. The maximum Gasteiger partial charge on any atom is 0.355 e. The van der Waals surface area contributed by atoms with E-state index in [1.165, 1.54) is 0 Å². The summed E-state index contributed by atoms with van der Waals surface area (Å²) in [7, 11) is 0. The maximum atomic E-state index is 13.7. The van der Waals surface area contributed by atoms with Gasteiger partial charge < -0.3 is 30.2 Å². The van der Waals surface area contributed by atoms with E-state index in [-0.39, 0.29) is 42.1 Å². The second kappa shape index (κ2) is 11.6. The molecule has 1 amide bonds. The number of hydrogen-bond donors (Lipinski definition) is 3. The molecular formula is C31H34N4O8. The van der Waals surface area contributed by atoms with Crippen molar-refractivity contribution in [2.45, 2.75) is 77.3 Å². The SMILES string of the molecule is CC[C@@]1(OC(=O)CC[C@H](NC(=O)[C@@H](N)CC(C)C)C(=O)O)C(=O)OCc2c1cc1n(c2=O)Cc2cc3ccccc3nc2-1. The topological polar surface area (TPSA) is 180 Å². The van der Waals surface area contributed by atoms with Crippen LogP contribution in [0.2, 0.25) is 0 Å². The van der Waals surface area contributed by atoms with Gasteiger partial charge in [0, 0.05) is 22.9 Å². The number of rotatable bonds is 10. The van der Waals surface area contributed by atoms with Crippen molar-refractivity contribution in [1.29, 1.82) is 0 Å². The van der Waals surface area contributed by atoms with Crippen LogP contribution in [0.3, 0.4) is 0 Å². The summed E-state index contributed by atoms with van der Waals surface area (Å²) < 4.78 is 12.7. The van der Waals surface area contributed by atoms with Crippen molar-refractivity contribution < 1.29 is 33.8 Å². The van der Waals surface area contributed by atoms with Gasteiger partial charge in [0.05, 0.1) is 35.1 Å². The Balaban J connectivity index is 1.42. The molecule has 0 aliphatic carbocycles. The molecule has 12 nitrogen and oxygen atoms in total. The highest BCUT2D eigenvalue weighted by Crippen LogP contribution is 2.41. The smallest absolute Gasteiger partial charge is 0.355 e. The number of aliphatic carboxylic acids is 1. The van der Waals surface area contributed by atoms with Crippen LogP contribution in [-0.4, -0.2) is 50.6 Å². The number of carboxylic acid groups (broad SMARTS) is 1. The summed E-state index contributed by atoms with van der Waals surface area (Å²) in [5.41, 5.74) is 6.70. The van der Waals surface area contributed by atoms with Crippen molar-refractivity contribution in [2.24, 2.45) is 11.7 Å². The molecule has 0 radical (unpaired) electrons. The van der Waals surface area contributed by atoms with Gasteiger partial charge in [-0.2, -0.15) is 0 Å². The third-order valence-corrected chi connectivity index (χ3v) is 7.99. The molecular weight excluding hydrogens is 556 g/mol. The number of carboxylic acids is 1. The number of amides is 1. The number of nitrogens with two attached hydrogens (primary N) is 1. The zero-order chi connectivity index (χ0) is 31.1. The van der Waals surface area contributed by atoms with Crippen molar-refractivity contribution in [3.05, 3.63) is 63.4 Å². The summed E-state index contributed by atoms with van der Waals surface area (Å²) in [5, 5.41) is 12.9. The minimum atomic E-state index is -1.92. The van der Waals surface area contributed by atoms with Crippen molar-refractivity contribution in [2.75, 3.05) is 0 Å². The van der Waals surface area contributed by atoms with E-state index in [9.17, 15) is 29.1 Å². The van der Waals surface area contributed by atoms with Crippen LogP contribution in [0.1, 0.15) is 63.1 Å². The Labute approximate surface area is 247 Å². The van der Waals surface area contributed by atoms with Crippen LogP contribution in [0.5, 0.6) is 0 Å². The number of para-hydroxylation sites is 1. The van der Waals surface area contributed by atoms with E-state index in [1.807, 2.05) is 44.2 Å². The van der Waals surface area contributed by atoms with Gasteiger partial charge in [0.25, 0.3) is 5.56 Å². The molecule has 2 aliphatic heterocycles. The molecule has 5 rings (SSSR count). The lowest BCUT2D eigenvalue weighted by Gasteiger charge is -2.35. The van der Waals surface area contributed by atoms with Crippen LogP contribution in [-0.2, 0) is 47.4 Å². The number of cyclic esters (lactones) is 1. The van der Waals surface area contributed by atoms with Gasteiger partial charge >= 0.3 is 17.9 Å². The average Bonchev–Trinajstić information content (AvgIpc) is 3.32. The molecule has 2 aromatic heterocycles. The van der Waals surface area contributed by atoms with E-state index in [2.05, 4.69) is 5.32 Å². The van der Waals surface area contributed by atoms with Crippen LogP contribution in [0.15, 0.2) is 41.2 Å². The monoisotopic (exact) mass is 590 g/mol. The van der Waals surface area contributed by atoms with Gasteiger partial charge in [0.1, 0.15) is 12.6 Å². The average molecular weight is 591 g/mol. The number of fused-ring (bicyclic) bond motifs is 5. The number of carbonyl (C=O) groups is 4. The molecule has 0 saturated carbocycles. The summed E-state index contributed by atoms with van der Waals surface area (Å²) >= 11 is 0. The number of carbonyl (C=O) groups excluding carboxylic acids is 3. The number of pyridine rings is 2. The van der Waals surface area contributed by atoms with Crippen molar-refractivity contribution in [1.82, 2.24) is 14.9 Å². The van der Waals surface area contributed by atoms with E-state index in [1.54, 1.807) is 17.6 Å². The van der Waals surface area contributed by atoms with E-state index in [0.717, 1.165) is 16.5 Å². The highest BCUT2D eigenvalue weighted by atomic mass is 16.6. The maximum absolute atomic E-state index is 13.7. The third kappa shape index (κ3) is 5.50. The number of benzene rings is 1. The number of ether oxygens (including phenoxy) is 2. The lowest BCUT2D eigenvalue weighted by atomic mass is 9.85. The van der Waals surface area contributed by atoms with E-state index in [0.29, 0.717) is 24.4 Å². The second-order valence-corrected chi connectivity index (χ2v) is 11.4. The third-order valence-electron chi connectivity index (χ3n) is 7.99. The number of esters is 2. The number of hydrogen-bond acceptors (Lipinski definition) is 9. The summed E-state index contributed by atoms with van der Waals surface area (Å²) in [6.45, 7) is 5.42. The molecule has 2 aliphatic rings. The first kappa shape index (κ1) is 29.9. The minimum absolute atomic E-state index is 0.0331. The Hall–Kier alpha value is -4.58. The highest BCUT2D eigenvalue weighted by molar-refractivity contribution is 5.89.